The van der Waals surface area contributed by atoms with Gasteiger partial charge in [0, 0.05) is 38.7 Å². The minimum atomic E-state index is -3.75. The van der Waals surface area contributed by atoms with Crippen molar-refractivity contribution in [1.29, 1.82) is 0 Å². The highest BCUT2D eigenvalue weighted by atomic mass is 35.5. The van der Waals surface area contributed by atoms with Crippen LogP contribution in [-0.2, 0) is 19.6 Å². The van der Waals surface area contributed by atoms with Crippen molar-refractivity contribution in [3.05, 3.63) is 53.3 Å². The molecule has 1 aliphatic heterocycles. The Kier molecular flexibility index (Phi) is 7.30. The number of nitrogens with one attached hydrogen (secondary N) is 1. The number of amides is 2. The summed E-state index contributed by atoms with van der Waals surface area (Å²) in [6, 6.07) is 9.55. The molecule has 1 N–H and O–H groups in total. The first-order valence-corrected chi connectivity index (χ1v) is 11.6. The van der Waals surface area contributed by atoms with Crippen LogP contribution in [0, 0.1) is 5.82 Å². The van der Waals surface area contributed by atoms with Gasteiger partial charge in [-0.15, -0.1) is 0 Å². The minimum absolute atomic E-state index is 0.00735. The van der Waals surface area contributed by atoms with E-state index in [4.69, 9.17) is 11.6 Å². The Bertz CT molecular complexity index is 1080. The summed E-state index contributed by atoms with van der Waals surface area (Å²) in [5, 5.41) is 3.10. The first kappa shape index (κ1) is 23.2. The van der Waals surface area contributed by atoms with Crippen LogP contribution in [0.5, 0.6) is 0 Å². The Labute approximate surface area is 185 Å². The average Bonchev–Trinajstić information content (AvgIpc) is 3.14. The smallest absolute Gasteiger partial charge is 0.242 e. The molecular formula is C21H23ClFN3O4S. The van der Waals surface area contributed by atoms with Crippen molar-refractivity contribution < 1.29 is 22.4 Å². The number of benzene rings is 2. The summed E-state index contributed by atoms with van der Waals surface area (Å²) in [7, 11) is -2.34. The predicted molar refractivity (Wildman–Crippen MR) is 117 cm³/mol. The van der Waals surface area contributed by atoms with Gasteiger partial charge in [0.1, 0.15) is 5.82 Å². The van der Waals surface area contributed by atoms with Gasteiger partial charge < -0.3 is 10.2 Å². The van der Waals surface area contributed by atoms with Crippen molar-refractivity contribution in [2.75, 3.05) is 30.4 Å². The zero-order valence-corrected chi connectivity index (χ0v) is 18.5. The maximum atomic E-state index is 13.0. The van der Waals surface area contributed by atoms with E-state index in [2.05, 4.69) is 5.32 Å². The molecule has 0 radical (unpaired) electrons. The number of halogens is 2. The van der Waals surface area contributed by atoms with Gasteiger partial charge in [-0.3, -0.25) is 9.59 Å². The van der Waals surface area contributed by atoms with E-state index in [1.807, 2.05) is 0 Å². The van der Waals surface area contributed by atoms with Gasteiger partial charge in [-0.1, -0.05) is 11.6 Å². The third kappa shape index (κ3) is 5.61. The number of hydrogen-bond donors (Lipinski definition) is 1. The summed E-state index contributed by atoms with van der Waals surface area (Å²) in [4.78, 5) is 25.7. The van der Waals surface area contributed by atoms with Crippen LogP contribution in [0.4, 0.5) is 15.8 Å². The molecular weight excluding hydrogens is 445 g/mol. The van der Waals surface area contributed by atoms with Crippen LogP contribution in [-0.4, -0.2) is 44.7 Å². The second kappa shape index (κ2) is 9.76. The van der Waals surface area contributed by atoms with E-state index in [-0.39, 0.29) is 29.7 Å². The van der Waals surface area contributed by atoms with Crippen LogP contribution in [0.2, 0.25) is 5.02 Å². The lowest BCUT2D eigenvalue weighted by Gasteiger charge is -2.18. The molecule has 2 aromatic carbocycles. The largest absolute Gasteiger partial charge is 0.326 e. The quantitative estimate of drug-likeness (QED) is 0.642. The summed E-state index contributed by atoms with van der Waals surface area (Å²) < 4.78 is 39.1. The zero-order valence-electron chi connectivity index (χ0n) is 17.0. The van der Waals surface area contributed by atoms with Crippen LogP contribution in [0.1, 0.15) is 25.7 Å². The van der Waals surface area contributed by atoms with Crippen molar-refractivity contribution >= 4 is 44.8 Å². The molecule has 0 spiro atoms. The maximum absolute atomic E-state index is 13.0. The molecule has 0 aromatic heterocycles. The maximum Gasteiger partial charge on any atom is 0.242 e. The number of anilines is 2. The molecule has 0 aliphatic carbocycles. The monoisotopic (exact) mass is 467 g/mol. The predicted octanol–water partition coefficient (Wildman–Crippen LogP) is 3.65. The molecule has 0 saturated carbocycles. The fraction of sp³-hybridized carbons (Fsp3) is 0.333. The summed E-state index contributed by atoms with van der Waals surface area (Å²) in [6.45, 7) is 0.752. The standard InChI is InChI=1S/C21H23ClFN3O4S/c1-25(31(29,30)17-9-6-15(23)7-10-17)12-2-4-20(27)24-16-8-11-19(18(22)14-16)26-13-3-5-21(26)28/h6-11,14H,2-5,12-13H2,1H3,(H,24,27). The second-order valence-electron chi connectivity index (χ2n) is 7.25. The van der Waals surface area contributed by atoms with Crippen LogP contribution < -0.4 is 10.2 Å². The van der Waals surface area contributed by atoms with Gasteiger partial charge in [0.25, 0.3) is 0 Å². The molecule has 0 atom stereocenters. The molecule has 1 fully saturated rings. The molecule has 31 heavy (non-hydrogen) atoms. The molecule has 166 valence electrons. The van der Waals surface area contributed by atoms with Gasteiger partial charge in [-0.05, 0) is 55.3 Å². The third-order valence-electron chi connectivity index (χ3n) is 4.99. The van der Waals surface area contributed by atoms with Gasteiger partial charge >= 0.3 is 0 Å². The van der Waals surface area contributed by atoms with Crippen molar-refractivity contribution in [3.8, 4) is 0 Å². The van der Waals surface area contributed by atoms with Crippen LogP contribution in [0.15, 0.2) is 47.4 Å². The van der Waals surface area contributed by atoms with E-state index in [1.54, 1.807) is 23.1 Å². The lowest BCUT2D eigenvalue weighted by molar-refractivity contribution is -0.117. The number of hydrogen-bond acceptors (Lipinski definition) is 4. The molecule has 2 amide bonds. The van der Waals surface area contributed by atoms with Crippen molar-refractivity contribution in [2.45, 2.75) is 30.6 Å². The molecule has 10 heteroatoms. The van der Waals surface area contributed by atoms with E-state index >= 15 is 0 Å². The molecule has 1 heterocycles. The summed E-state index contributed by atoms with van der Waals surface area (Å²) in [6.07, 6.45) is 1.70. The second-order valence-corrected chi connectivity index (χ2v) is 9.70. The average molecular weight is 468 g/mol. The fourth-order valence-electron chi connectivity index (χ4n) is 3.30. The highest BCUT2D eigenvalue weighted by molar-refractivity contribution is 7.89. The highest BCUT2D eigenvalue weighted by Gasteiger charge is 2.24. The molecule has 2 aromatic rings. The van der Waals surface area contributed by atoms with Crippen LogP contribution >= 0.6 is 11.6 Å². The van der Waals surface area contributed by atoms with Gasteiger partial charge in [0.05, 0.1) is 15.6 Å². The third-order valence-corrected chi connectivity index (χ3v) is 7.17. The summed E-state index contributed by atoms with van der Waals surface area (Å²) >= 11 is 6.28. The Balaban J connectivity index is 1.51. The molecule has 7 nitrogen and oxygen atoms in total. The minimum Gasteiger partial charge on any atom is -0.326 e. The molecule has 0 bridgehead atoms. The summed E-state index contributed by atoms with van der Waals surface area (Å²) in [5.41, 5.74) is 1.12. The zero-order chi connectivity index (χ0) is 22.6. The highest BCUT2D eigenvalue weighted by Crippen LogP contribution is 2.31. The SMILES string of the molecule is CN(CCCC(=O)Nc1ccc(N2CCCC2=O)c(Cl)c1)S(=O)(=O)c1ccc(F)cc1. The summed E-state index contributed by atoms with van der Waals surface area (Å²) in [5.74, 6) is -0.773. The number of carbonyl (C=O) groups excluding carboxylic acids is 2. The lowest BCUT2D eigenvalue weighted by Crippen LogP contribution is -2.28. The van der Waals surface area contributed by atoms with E-state index in [0.717, 1.165) is 22.9 Å². The van der Waals surface area contributed by atoms with E-state index in [1.165, 1.54) is 19.2 Å². The molecule has 0 unspecified atom stereocenters. The Morgan fingerprint density at radius 1 is 1.23 bits per heavy atom. The number of rotatable bonds is 8. The van der Waals surface area contributed by atoms with Crippen molar-refractivity contribution in [1.82, 2.24) is 4.31 Å². The lowest BCUT2D eigenvalue weighted by atomic mass is 10.2. The van der Waals surface area contributed by atoms with Crippen LogP contribution in [0.3, 0.4) is 0 Å². The van der Waals surface area contributed by atoms with Crippen molar-refractivity contribution in [3.63, 3.8) is 0 Å². The van der Waals surface area contributed by atoms with Gasteiger partial charge in [-0.25, -0.2) is 17.1 Å². The number of sulfonamides is 1. The molecule has 1 aliphatic rings. The van der Waals surface area contributed by atoms with Gasteiger partial charge in [0.15, 0.2) is 0 Å². The van der Waals surface area contributed by atoms with E-state index in [9.17, 15) is 22.4 Å². The van der Waals surface area contributed by atoms with Crippen LogP contribution in [0.25, 0.3) is 0 Å². The molecule has 3 rings (SSSR count). The first-order valence-electron chi connectivity index (χ1n) is 9.80. The van der Waals surface area contributed by atoms with E-state index < -0.39 is 15.8 Å². The van der Waals surface area contributed by atoms with Gasteiger partial charge in [0.2, 0.25) is 21.8 Å². The normalized spacial score (nSPS) is 14.3. The Morgan fingerprint density at radius 2 is 1.94 bits per heavy atom. The Hall–Kier alpha value is -2.49. The van der Waals surface area contributed by atoms with Crippen molar-refractivity contribution in [2.24, 2.45) is 0 Å². The molecule has 1 saturated heterocycles. The fourth-order valence-corrected chi connectivity index (χ4v) is 4.79. The number of nitrogens with zero attached hydrogens (tertiary/aromatic N) is 2. The number of carbonyl (C=O) groups is 2. The van der Waals surface area contributed by atoms with Gasteiger partial charge in [-0.2, -0.15) is 0 Å². The van der Waals surface area contributed by atoms with E-state index in [0.29, 0.717) is 35.8 Å². The Morgan fingerprint density at radius 3 is 2.55 bits per heavy atom. The topological polar surface area (TPSA) is 86.8 Å². The first-order chi connectivity index (χ1) is 14.7.